The van der Waals surface area contributed by atoms with E-state index < -0.39 is 27.8 Å². The van der Waals surface area contributed by atoms with Crippen molar-refractivity contribution in [1.29, 1.82) is 0 Å². The fraction of sp³-hybridized carbons (Fsp3) is 0.290. The largest absolute Gasteiger partial charge is 0.466 e. The van der Waals surface area contributed by atoms with Crippen molar-refractivity contribution in [3.63, 3.8) is 0 Å². The van der Waals surface area contributed by atoms with Crippen LogP contribution in [0.4, 0.5) is 4.39 Å². The number of carbonyl (C=O) groups is 1. The Morgan fingerprint density at radius 2 is 1.79 bits per heavy atom. The number of allylic oxidation sites excluding steroid dienone is 2. The molecule has 0 amide bonds. The van der Waals surface area contributed by atoms with Crippen molar-refractivity contribution in [3.05, 3.63) is 83.7 Å². The molecule has 8 rings (SSSR count). The predicted octanol–water partition coefficient (Wildman–Crippen LogP) is 6.10. The van der Waals surface area contributed by atoms with Gasteiger partial charge in [0, 0.05) is 35.7 Å². The molecule has 3 aliphatic carbocycles. The van der Waals surface area contributed by atoms with E-state index in [1.807, 2.05) is 6.92 Å². The molecule has 4 unspecified atom stereocenters. The van der Waals surface area contributed by atoms with Gasteiger partial charge in [0.15, 0.2) is 17.3 Å². The van der Waals surface area contributed by atoms with Gasteiger partial charge in [0.05, 0.1) is 33.9 Å². The first kappa shape index (κ1) is 27.7. The molecule has 4 aromatic heterocycles. The van der Waals surface area contributed by atoms with Gasteiger partial charge < -0.3 is 9.30 Å². The maximum atomic E-state index is 15.4. The van der Waals surface area contributed by atoms with Gasteiger partial charge in [-0.2, -0.15) is 0 Å². The molecule has 5 aromatic rings. The normalized spacial score (nSPS) is 21.6. The number of pyridine rings is 1. The number of hydrogen-bond donors (Lipinski definition) is 0. The SMILES string of the molecule is CCOC(=O)C1C2C=CC(CC2)C1n1cc(F)c2cnc(-c3cn(S(=O)(=O)c4ccc(C)cc4)c4ncc(Cl)cc34)nc21. The van der Waals surface area contributed by atoms with E-state index in [0.29, 0.717) is 21.6 Å². The van der Waals surface area contributed by atoms with E-state index in [-0.39, 0.29) is 46.2 Å². The minimum Gasteiger partial charge on any atom is -0.466 e. The number of aromatic nitrogens is 5. The van der Waals surface area contributed by atoms with Crippen LogP contribution in [0, 0.1) is 30.5 Å². The second kappa shape index (κ2) is 10.3. The topological polar surface area (TPSA) is 109 Å². The molecule has 4 atom stereocenters. The number of hydrogen-bond acceptors (Lipinski definition) is 7. The quantitative estimate of drug-likeness (QED) is 0.167. The van der Waals surface area contributed by atoms with Crippen molar-refractivity contribution in [2.75, 3.05) is 6.61 Å². The summed E-state index contributed by atoms with van der Waals surface area (Å²) in [6, 6.07) is 7.74. The van der Waals surface area contributed by atoms with Crippen molar-refractivity contribution >= 4 is 49.7 Å². The summed E-state index contributed by atoms with van der Waals surface area (Å²) in [5.41, 5.74) is 1.75. The molecule has 0 aliphatic heterocycles. The van der Waals surface area contributed by atoms with E-state index >= 15 is 4.39 Å². The lowest BCUT2D eigenvalue weighted by Gasteiger charge is -2.44. The van der Waals surface area contributed by atoms with Gasteiger partial charge in [0.2, 0.25) is 0 Å². The Morgan fingerprint density at radius 1 is 1.05 bits per heavy atom. The summed E-state index contributed by atoms with van der Waals surface area (Å²) in [7, 11) is -4.04. The molecule has 1 fully saturated rings. The molecule has 9 nitrogen and oxygen atoms in total. The van der Waals surface area contributed by atoms with Crippen LogP contribution in [0.15, 0.2) is 72.2 Å². The molecule has 3 aliphatic rings. The number of nitrogens with zero attached hydrogens (tertiary/aromatic N) is 5. The van der Waals surface area contributed by atoms with Crippen LogP contribution in [0.3, 0.4) is 0 Å². The Bertz CT molecular complexity index is 2050. The lowest BCUT2D eigenvalue weighted by molar-refractivity contribution is -0.153. The average Bonchev–Trinajstić information content (AvgIpc) is 3.55. The monoisotopic (exact) mass is 619 g/mol. The highest BCUT2D eigenvalue weighted by Gasteiger charge is 2.47. The highest BCUT2D eigenvalue weighted by atomic mass is 35.5. The molecule has 0 saturated heterocycles. The first-order chi connectivity index (χ1) is 20.7. The number of halogens is 2. The van der Waals surface area contributed by atoms with Crippen LogP contribution in [-0.4, -0.2) is 44.5 Å². The summed E-state index contributed by atoms with van der Waals surface area (Å²) in [6.45, 7) is 3.89. The number of ether oxygens (including phenoxy) is 1. The van der Waals surface area contributed by atoms with Gasteiger partial charge in [-0.15, -0.1) is 0 Å². The number of carbonyl (C=O) groups excluding carboxylic acids is 1. The van der Waals surface area contributed by atoms with E-state index in [4.69, 9.17) is 21.3 Å². The fourth-order valence-electron chi connectivity index (χ4n) is 6.49. The highest BCUT2D eigenvalue weighted by Crippen LogP contribution is 2.49. The first-order valence-corrected chi connectivity index (χ1v) is 15.9. The van der Waals surface area contributed by atoms with Crippen molar-refractivity contribution in [2.45, 2.75) is 37.6 Å². The lowest BCUT2D eigenvalue weighted by Crippen LogP contribution is -2.43. The Hall–Kier alpha value is -4.09. The zero-order valence-corrected chi connectivity index (χ0v) is 24.9. The standard InChI is InChI=1S/C31H27ClFN5O4S/c1-3-42-31(39)26-18-6-8-19(9-7-18)27(26)37-16-25(33)23-14-34-28(36-30(23)37)24-15-38(29-22(24)12-20(32)13-35-29)43(40,41)21-10-4-17(2)5-11-21/h4-6,8,10-16,18-19,26-27H,3,7,9H2,1-2H3. The maximum absolute atomic E-state index is 15.4. The Kier molecular flexibility index (Phi) is 6.62. The number of rotatable bonds is 6. The third-order valence-electron chi connectivity index (χ3n) is 8.51. The van der Waals surface area contributed by atoms with Gasteiger partial charge in [0.25, 0.3) is 10.0 Å². The average molecular weight is 620 g/mol. The summed E-state index contributed by atoms with van der Waals surface area (Å²) >= 11 is 6.30. The third-order valence-corrected chi connectivity index (χ3v) is 10.4. The van der Waals surface area contributed by atoms with Gasteiger partial charge in [-0.05, 0) is 56.7 Å². The molecule has 0 N–H and O–H groups in total. The second-order valence-corrected chi connectivity index (χ2v) is 13.3. The van der Waals surface area contributed by atoms with E-state index in [0.717, 1.165) is 22.4 Å². The molecule has 0 radical (unpaired) electrons. The Balaban J connectivity index is 1.40. The lowest BCUT2D eigenvalue weighted by atomic mass is 9.65. The molecule has 43 heavy (non-hydrogen) atoms. The zero-order valence-electron chi connectivity index (χ0n) is 23.3. The maximum Gasteiger partial charge on any atom is 0.311 e. The number of benzene rings is 1. The second-order valence-electron chi connectivity index (χ2n) is 11.1. The molecule has 2 bridgehead atoms. The smallest absolute Gasteiger partial charge is 0.311 e. The molecule has 0 spiro atoms. The van der Waals surface area contributed by atoms with Crippen LogP contribution in [-0.2, 0) is 19.6 Å². The molecule has 1 aromatic carbocycles. The van der Waals surface area contributed by atoms with Crippen LogP contribution in [0.25, 0.3) is 33.5 Å². The number of fused-ring (bicyclic) bond motifs is 4. The van der Waals surface area contributed by atoms with E-state index in [1.54, 1.807) is 29.7 Å². The predicted molar refractivity (Wildman–Crippen MR) is 159 cm³/mol. The third kappa shape index (κ3) is 4.44. The van der Waals surface area contributed by atoms with Gasteiger partial charge in [-0.3, -0.25) is 4.79 Å². The molecule has 4 heterocycles. The Labute approximate surface area is 252 Å². The van der Waals surface area contributed by atoms with E-state index in [2.05, 4.69) is 22.1 Å². The van der Waals surface area contributed by atoms with Crippen molar-refractivity contribution in [1.82, 2.24) is 23.5 Å². The van der Waals surface area contributed by atoms with Gasteiger partial charge >= 0.3 is 5.97 Å². The van der Waals surface area contributed by atoms with Crippen LogP contribution in [0.2, 0.25) is 5.02 Å². The number of aryl methyl sites for hydroxylation is 1. The molecule has 12 heteroatoms. The van der Waals surface area contributed by atoms with Crippen molar-refractivity contribution < 1.29 is 22.3 Å². The van der Waals surface area contributed by atoms with E-state index in [9.17, 15) is 13.2 Å². The van der Waals surface area contributed by atoms with Crippen LogP contribution in [0.5, 0.6) is 0 Å². The summed E-state index contributed by atoms with van der Waals surface area (Å²) in [5, 5.41) is 0.922. The van der Waals surface area contributed by atoms with Crippen LogP contribution in [0.1, 0.15) is 31.4 Å². The zero-order chi connectivity index (χ0) is 30.0. The van der Waals surface area contributed by atoms with Crippen LogP contribution >= 0.6 is 11.6 Å². The Morgan fingerprint density at radius 3 is 2.51 bits per heavy atom. The summed E-state index contributed by atoms with van der Waals surface area (Å²) < 4.78 is 51.1. The summed E-state index contributed by atoms with van der Waals surface area (Å²) in [4.78, 5) is 26.8. The summed E-state index contributed by atoms with van der Waals surface area (Å²) in [5.74, 6) is -1.16. The molecule has 1 saturated carbocycles. The molecular formula is C31H27ClFN5O4S. The van der Waals surface area contributed by atoms with E-state index in [1.165, 1.54) is 36.9 Å². The summed E-state index contributed by atoms with van der Waals surface area (Å²) in [6.07, 6.45) is 11.4. The minimum atomic E-state index is -4.04. The van der Waals surface area contributed by atoms with Gasteiger partial charge in [-0.1, -0.05) is 41.4 Å². The first-order valence-electron chi connectivity index (χ1n) is 14.0. The van der Waals surface area contributed by atoms with Crippen molar-refractivity contribution in [3.8, 4) is 11.4 Å². The highest BCUT2D eigenvalue weighted by molar-refractivity contribution is 7.90. The minimum absolute atomic E-state index is 0.00241. The molecule has 220 valence electrons. The molecular weight excluding hydrogens is 593 g/mol. The van der Waals surface area contributed by atoms with Crippen LogP contribution < -0.4 is 0 Å². The number of esters is 1. The van der Waals surface area contributed by atoms with Gasteiger partial charge in [0.1, 0.15) is 5.65 Å². The van der Waals surface area contributed by atoms with Gasteiger partial charge in [-0.25, -0.2) is 31.7 Å². The van der Waals surface area contributed by atoms with Crippen molar-refractivity contribution in [2.24, 2.45) is 17.8 Å². The fourth-order valence-corrected chi connectivity index (χ4v) is 7.97.